The molecule has 8 nitrogen and oxygen atoms in total. The van der Waals surface area contributed by atoms with Gasteiger partial charge in [0.05, 0.1) is 0 Å². The molecule has 0 aromatic rings. The molecule has 0 saturated heterocycles. The van der Waals surface area contributed by atoms with Crippen molar-refractivity contribution in [2.45, 2.75) is 0 Å². The van der Waals surface area contributed by atoms with Crippen LogP contribution >= 0.6 is 0 Å². The van der Waals surface area contributed by atoms with Crippen molar-refractivity contribution < 1.29 is 74.0 Å². The monoisotopic (exact) mass is 331 g/mol. The topological polar surface area (TPSA) is 162 Å². The Balaban J connectivity index is -0.000000107. The molecule has 11 heavy (non-hydrogen) atoms. The summed E-state index contributed by atoms with van der Waals surface area (Å²) < 4.78 is 0. The molecule has 0 atom stereocenters. The largest absolute Gasteiger partial charge is 0.668 e. The van der Waals surface area contributed by atoms with E-state index in [4.69, 9.17) is 38.4 Å². The van der Waals surface area contributed by atoms with Crippen LogP contribution in [0.5, 0.6) is 0 Å². The van der Waals surface area contributed by atoms with Gasteiger partial charge in [0.25, 0.3) is 0 Å². The molecule has 0 aromatic carbocycles. The normalized spacial score (nSPS) is 10.9. The van der Waals surface area contributed by atoms with E-state index >= 15 is 0 Å². The summed E-state index contributed by atoms with van der Waals surface area (Å²) in [4.78, 5) is 58.6. The van der Waals surface area contributed by atoms with Crippen LogP contribution in [0.15, 0.2) is 0 Å². The van der Waals surface area contributed by atoms with Gasteiger partial charge >= 0.3 is 18.1 Å². The average molecular weight is 331 g/mol. The fourth-order valence-electron chi connectivity index (χ4n) is 0. The molecule has 1 radical (unpaired) electrons. The van der Waals surface area contributed by atoms with Gasteiger partial charge in [-0.2, -0.15) is 0 Å². The zero-order valence-electron chi connectivity index (χ0n) is 5.16. The van der Waals surface area contributed by atoms with Crippen molar-refractivity contribution >= 4 is 18.1 Å². The second kappa shape index (κ2) is 6.78. The van der Waals surface area contributed by atoms with Gasteiger partial charge in [-0.3, -0.25) is 0 Å². The maximum absolute atomic E-state index is 7.33. The average Bonchev–Trinajstić information content (AvgIpc) is 1.12. The fraction of sp³-hybridized carbons (Fsp3) is 0. The van der Waals surface area contributed by atoms with Crippen molar-refractivity contribution in [1.82, 2.24) is 0 Å². The zero-order chi connectivity index (χ0) is 9.00. The summed E-state index contributed by atoms with van der Waals surface area (Å²) in [6, 6.07) is 0. The third-order valence-electron chi connectivity index (χ3n) is 0. The van der Waals surface area contributed by atoms with E-state index in [1.807, 2.05) is 0 Å². The van der Waals surface area contributed by atoms with Crippen LogP contribution in [-0.2, 0) is 0 Å². The molecule has 0 aliphatic heterocycles. The van der Waals surface area contributed by atoms with E-state index in [0.29, 0.717) is 0 Å². The molecule has 0 amide bonds. The molecule has 0 fully saturated rings. The van der Waals surface area contributed by atoms with E-state index in [1.54, 1.807) is 0 Å². The van der Waals surface area contributed by atoms with Gasteiger partial charge in [0, 0.05) is 35.6 Å². The van der Waals surface area contributed by atoms with E-state index in [9.17, 15) is 0 Å². The molecule has 0 aliphatic carbocycles. The Labute approximate surface area is 91.6 Å². The van der Waals surface area contributed by atoms with Crippen molar-refractivity contribution in [3.05, 3.63) is 0 Å². The van der Waals surface area contributed by atoms with Crippen molar-refractivity contribution in [1.29, 1.82) is 0 Å². The van der Waals surface area contributed by atoms with Crippen LogP contribution in [0.25, 0.3) is 0 Å². The van der Waals surface area contributed by atoms with Crippen LogP contribution in [0, 0.1) is 35.6 Å². The van der Waals surface area contributed by atoms with E-state index < -0.39 is 18.1 Å². The summed E-state index contributed by atoms with van der Waals surface area (Å²) in [6.45, 7) is 0. The third kappa shape index (κ3) is 572. The van der Waals surface area contributed by atoms with Gasteiger partial charge in [-0.1, -0.05) is 0 Å². The minimum Gasteiger partial charge on any atom is -0.368 e. The van der Waals surface area contributed by atoms with E-state index in [1.165, 1.54) is 0 Å². The Morgan fingerprint density at radius 1 is 0.455 bits per heavy atom. The molecular weight excluding hydrogens is 323 g/mol. The van der Waals surface area contributed by atoms with Crippen LogP contribution in [0.2, 0.25) is 0 Å². The van der Waals surface area contributed by atoms with Gasteiger partial charge in [0.2, 0.25) is 0 Å². The summed E-state index contributed by atoms with van der Waals surface area (Å²) in [5.41, 5.74) is 0. The Morgan fingerprint density at radius 2 is 0.455 bits per heavy atom. The van der Waals surface area contributed by atoms with Crippen LogP contribution in [-0.4, -0.2) is 56.5 Å². The smallest absolute Gasteiger partial charge is 0.368 e. The summed E-state index contributed by atoms with van der Waals surface area (Å²) in [5.74, 6) is 0. The van der Waals surface area contributed by atoms with Crippen LogP contribution < -0.4 is 0 Å². The van der Waals surface area contributed by atoms with E-state index in [0.717, 1.165) is 0 Å². The molecule has 0 spiro atoms. The van der Waals surface area contributed by atoms with Gasteiger partial charge in [-0.15, -0.1) is 0 Å². The summed E-state index contributed by atoms with van der Waals surface area (Å²) in [5, 5.41) is 0. The van der Waals surface area contributed by atoms with Gasteiger partial charge in [-0.05, 0) is 0 Å². The molecule has 11 heteroatoms. The molecule has 0 bridgehead atoms. The van der Waals surface area contributed by atoms with Crippen molar-refractivity contribution in [3.8, 4) is 0 Å². The van der Waals surface area contributed by atoms with E-state index in [-0.39, 0.29) is 35.6 Å². The molecule has 0 aromatic heterocycles. The van der Waals surface area contributed by atoms with Crippen LogP contribution in [0.3, 0.4) is 0 Å². The first kappa shape index (κ1) is 18.2. The van der Waals surface area contributed by atoms with Crippen molar-refractivity contribution in [2.75, 3.05) is 0 Å². The predicted octanol–water partition coefficient (Wildman–Crippen LogP) is -5.22. The van der Waals surface area contributed by atoms with Crippen molar-refractivity contribution in [3.63, 3.8) is 0 Å². The molecule has 0 saturated carbocycles. The molecule has 0 unspecified atom stereocenters. The fourth-order valence-corrected chi connectivity index (χ4v) is 0. The first-order valence-corrected chi connectivity index (χ1v) is 5.37. The minimum atomic E-state index is -4.61. The van der Waals surface area contributed by atoms with Gasteiger partial charge in [0.1, 0.15) is 0 Å². The number of hydrogen-bond acceptors (Lipinski definition) is 8. The zero-order valence-corrected chi connectivity index (χ0v) is 10.8. The maximum atomic E-state index is 7.33. The summed E-state index contributed by atoms with van der Waals surface area (Å²) in [6.07, 6.45) is 0. The predicted molar refractivity (Wildman–Crippen MR) is 29.3 cm³/mol. The SMILES string of the molecule is O[Si](O)(O)O.O[Si](O)(O)O.[La]. The standard InChI is InChI=1S/La.2H4O4Si/c;2*1-5(2,3)4/h;2*1-4H. The number of rotatable bonds is 0. The summed E-state index contributed by atoms with van der Waals surface area (Å²) >= 11 is 0. The Hall–Kier alpha value is 1.31. The van der Waals surface area contributed by atoms with E-state index in [2.05, 4.69) is 0 Å². The Kier molecular flexibility index (Phi) is 11.2. The summed E-state index contributed by atoms with van der Waals surface area (Å²) in [7, 11) is -9.22. The third-order valence-corrected chi connectivity index (χ3v) is 0. The molecular formula is H8LaO8Si2. The van der Waals surface area contributed by atoms with Gasteiger partial charge in [-0.25, -0.2) is 0 Å². The molecule has 0 heterocycles. The molecule has 67 valence electrons. The second-order valence-electron chi connectivity index (χ2n) is 1.20. The Morgan fingerprint density at radius 3 is 0.455 bits per heavy atom. The first-order chi connectivity index (χ1) is 4.00. The molecule has 8 N–H and O–H groups in total. The maximum Gasteiger partial charge on any atom is 0.668 e. The minimum absolute atomic E-state index is 0. The molecule has 0 rings (SSSR count). The van der Waals surface area contributed by atoms with Gasteiger partial charge in [0.15, 0.2) is 0 Å². The first-order valence-electron chi connectivity index (χ1n) is 1.79. The second-order valence-corrected chi connectivity index (χ2v) is 3.60. The quantitative estimate of drug-likeness (QED) is 0.204. The number of hydrogen-bond donors (Lipinski definition) is 8. The van der Waals surface area contributed by atoms with Crippen LogP contribution in [0.1, 0.15) is 0 Å². The van der Waals surface area contributed by atoms with Crippen molar-refractivity contribution in [2.24, 2.45) is 0 Å². The Bertz CT molecular complexity index is 55.1. The molecule has 0 aliphatic rings. The van der Waals surface area contributed by atoms with Gasteiger partial charge < -0.3 is 38.4 Å². The van der Waals surface area contributed by atoms with Crippen LogP contribution in [0.4, 0.5) is 0 Å².